The van der Waals surface area contributed by atoms with E-state index in [0.717, 1.165) is 12.8 Å². The number of rotatable bonds is 5. The number of benzene rings is 1. The summed E-state index contributed by atoms with van der Waals surface area (Å²) in [6.45, 7) is 4.46. The molecule has 0 saturated carbocycles. The summed E-state index contributed by atoms with van der Waals surface area (Å²) in [6.07, 6.45) is 2.23. The zero-order valence-corrected chi connectivity index (χ0v) is 12.2. The Bertz CT molecular complexity index is 488. The van der Waals surface area contributed by atoms with E-state index < -0.39 is 0 Å². The fraction of sp³-hybridized carbons (Fsp3) is 0.375. The van der Waals surface area contributed by atoms with Gasteiger partial charge in [-0.25, -0.2) is 0 Å². The predicted octanol–water partition coefficient (Wildman–Crippen LogP) is 4.18. The molecule has 0 aliphatic carbocycles. The second-order valence-corrected chi connectivity index (χ2v) is 5.29. The second kappa shape index (κ2) is 6.17. The average Bonchev–Trinajstić information content (AvgIpc) is 2.93. The molecular weight excluding hydrogens is 238 g/mol. The summed E-state index contributed by atoms with van der Waals surface area (Å²) >= 11 is 1.76. The Morgan fingerprint density at radius 3 is 2.39 bits per heavy atom. The van der Waals surface area contributed by atoms with Gasteiger partial charge < -0.3 is 5.32 Å². The van der Waals surface area contributed by atoms with Crippen LogP contribution < -0.4 is 5.32 Å². The van der Waals surface area contributed by atoms with E-state index in [0.29, 0.717) is 6.04 Å². The maximum Gasteiger partial charge on any atom is 0.0582 e. The summed E-state index contributed by atoms with van der Waals surface area (Å²) in [5.74, 6) is 0. The quantitative estimate of drug-likeness (QED) is 0.849. The summed E-state index contributed by atoms with van der Waals surface area (Å²) in [4.78, 5) is 0. The first-order valence-electron chi connectivity index (χ1n) is 6.61. The van der Waals surface area contributed by atoms with Crippen LogP contribution in [-0.2, 0) is 12.8 Å². The Morgan fingerprint density at radius 2 is 1.83 bits per heavy atom. The number of thiophene rings is 1. The SMILES string of the molecule is CCc1ccc(C(NC)c2ccsc2)cc1CC. The molecule has 0 bridgehead atoms. The minimum Gasteiger partial charge on any atom is -0.309 e. The lowest BCUT2D eigenvalue weighted by atomic mass is 9.94. The van der Waals surface area contributed by atoms with Crippen molar-refractivity contribution in [2.75, 3.05) is 7.05 Å². The molecule has 1 aromatic carbocycles. The molecule has 1 aromatic heterocycles. The third-order valence-corrected chi connectivity index (χ3v) is 4.19. The Kier molecular flexibility index (Phi) is 4.56. The van der Waals surface area contributed by atoms with E-state index in [-0.39, 0.29) is 0 Å². The van der Waals surface area contributed by atoms with Gasteiger partial charge in [0.25, 0.3) is 0 Å². The Hall–Kier alpha value is -1.12. The van der Waals surface area contributed by atoms with Crippen LogP contribution in [0.4, 0.5) is 0 Å². The molecule has 1 atom stereocenters. The molecule has 2 heteroatoms. The van der Waals surface area contributed by atoms with Crippen molar-refractivity contribution in [3.05, 3.63) is 57.3 Å². The summed E-state index contributed by atoms with van der Waals surface area (Å²) in [5.41, 5.74) is 5.67. The Balaban J connectivity index is 2.37. The van der Waals surface area contributed by atoms with Gasteiger partial charge in [-0.1, -0.05) is 32.0 Å². The number of hydrogen-bond donors (Lipinski definition) is 1. The van der Waals surface area contributed by atoms with Gasteiger partial charge >= 0.3 is 0 Å². The van der Waals surface area contributed by atoms with Crippen molar-refractivity contribution in [1.29, 1.82) is 0 Å². The van der Waals surface area contributed by atoms with Crippen molar-refractivity contribution >= 4 is 11.3 Å². The van der Waals surface area contributed by atoms with Gasteiger partial charge in [0.2, 0.25) is 0 Å². The van der Waals surface area contributed by atoms with Crippen molar-refractivity contribution in [2.45, 2.75) is 32.7 Å². The number of nitrogens with one attached hydrogen (secondary N) is 1. The zero-order chi connectivity index (χ0) is 13.0. The molecule has 0 spiro atoms. The van der Waals surface area contributed by atoms with E-state index in [4.69, 9.17) is 0 Å². The van der Waals surface area contributed by atoms with Crippen LogP contribution in [0, 0.1) is 0 Å². The van der Waals surface area contributed by atoms with Gasteiger partial charge in [-0.3, -0.25) is 0 Å². The second-order valence-electron chi connectivity index (χ2n) is 4.51. The maximum atomic E-state index is 3.42. The lowest BCUT2D eigenvalue weighted by molar-refractivity contribution is 0.692. The lowest BCUT2D eigenvalue weighted by Gasteiger charge is -2.18. The van der Waals surface area contributed by atoms with E-state index >= 15 is 0 Å². The third-order valence-electron chi connectivity index (χ3n) is 3.49. The fourth-order valence-corrected chi connectivity index (χ4v) is 3.15. The summed E-state index contributed by atoms with van der Waals surface area (Å²) in [6, 6.07) is 9.41. The van der Waals surface area contributed by atoms with Gasteiger partial charge in [-0.05, 0) is 59.0 Å². The molecular formula is C16H21NS. The normalized spacial score (nSPS) is 12.6. The zero-order valence-electron chi connectivity index (χ0n) is 11.4. The van der Waals surface area contributed by atoms with Gasteiger partial charge in [0.05, 0.1) is 6.04 Å². The van der Waals surface area contributed by atoms with E-state index in [2.05, 4.69) is 54.2 Å². The van der Waals surface area contributed by atoms with Crippen LogP contribution in [-0.4, -0.2) is 7.05 Å². The summed E-state index contributed by atoms with van der Waals surface area (Å²) < 4.78 is 0. The molecule has 0 fully saturated rings. The van der Waals surface area contributed by atoms with Crippen molar-refractivity contribution < 1.29 is 0 Å². The van der Waals surface area contributed by atoms with Crippen LogP contribution in [0.25, 0.3) is 0 Å². The van der Waals surface area contributed by atoms with Crippen molar-refractivity contribution in [2.24, 2.45) is 0 Å². The predicted molar refractivity (Wildman–Crippen MR) is 80.4 cm³/mol. The highest BCUT2D eigenvalue weighted by atomic mass is 32.1. The standard InChI is InChI=1S/C16H21NS/c1-4-12-6-7-14(10-13(12)5-2)16(17-3)15-8-9-18-11-15/h6-11,16-17H,4-5H2,1-3H3. The first-order valence-corrected chi connectivity index (χ1v) is 7.55. The molecule has 1 nitrogen and oxygen atoms in total. The minimum absolute atomic E-state index is 0.312. The van der Waals surface area contributed by atoms with Gasteiger partial charge in [-0.15, -0.1) is 0 Å². The van der Waals surface area contributed by atoms with Gasteiger partial charge in [0.1, 0.15) is 0 Å². The highest BCUT2D eigenvalue weighted by molar-refractivity contribution is 7.08. The minimum atomic E-state index is 0.312. The summed E-state index contributed by atoms with van der Waals surface area (Å²) in [5, 5.41) is 7.78. The highest BCUT2D eigenvalue weighted by Crippen LogP contribution is 2.26. The van der Waals surface area contributed by atoms with Gasteiger partial charge in [0, 0.05) is 0 Å². The largest absolute Gasteiger partial charge is 0.309 e. The molecule has 0 amide bonds. The maximum absolute atomic E-state index is 3.42. The van der Waals surface area contributed by atoms with E-state index in [1.807, 2.05) is 7.05 Å². The van der Waals surface area contributed by atoms with E-state index in [1.165, 1.54) is 22.3 Å². The molecule has 1 unspecified atom stereocenters. The Labute approximate surface area is 114 Å². The first kappa shape index (κ1) is 13.3. The molecule has 18 heavy (non-hydrogen) atoms. The fourth-order valence-electron chi connectivity index (χ4n) is 2.46. The molecule has 0 radical (unpaired) electrons. The van der Waals surface area contributed by atoms with Crippen LogP contribution in [0.3, 0.4) is 0 Å². The van der Waals surface area contributed by atoms with Gasteiger partial charge in [0.15, 0.2) is 0 Å². The molecule has 96 valence electrons. The van der Waals surface area contributed by atoms with Crippen molar-refractivity contribution in [1.82, 2.24) is 5.32 Å². The topological polar surface area (TPSA) is 12.0 Å². The molecule has 2 rings (SSSR count). The van der Waals surface area contributed by atoms with E-state index in [9.17, 15) is 0 Å². The first-order chi connectivity index (χ1) is 8.80. The molecule has 2 aromatic rings. The van der Waals surface area contributed by atoms with Crippen LogP contribution in [0.5, 0.6) is 0 Å². The summed E-state index contributed by atoms with van der Waals surface area (Å²) in [7, 11) is 2.03. The molecule has 0 aliphatic rings. The van der Waals surface area contributed by atoms with Crippen LogP contribution in [0.1, 0.15) is 42.1 Å². The smallest absolute Gasteiger partial charge is 0.0582 e. The van der Waals surface area contributed by atoms with Crippen LogP contribution in [0.15, 0.2) is 35.0 Å². The average molecular weight is 259 g/mol. The Morgan fingerprint density at radius 1 is 1.06 bits per heavy atom. The molecule has 0 saturated heterocycles. The number of aryl methyl sites for hydroxylation is 2. The van der Waals surface area contributed by atoms with Crippen molar-refractivity contribution in [3.63, 3.8) is 0 Å². The number of hydrogen-bond acceptors (Lipinski definition) is 2. The molecule has 1 N–H and O–H groups in total. The molecule has 1 heterocycles. The van der Waals surface area contributed by atoms with Gasteiger partial charge in [-0.2, -0.15) is 11.3 Å². The highest BCUT2D eigenvalue weighted by Gasteiger charge is 2.13. The monoisotopic (exact) mass is 259 g/mol. The lowest BCUT2D eigenvalue weighted by Crippen LogP contribution is -2.17. The van der Waals surface area contributed by atoms with E-state index in [1.54, 1.807) is 11.3 Å². The third kappa shape index (κ3) is 2.65. The van der Waals surface area contributed by atoms with Crippen molar-refractivity contribution in [3.8, 4) is 0 Å². The van der Waals surface area contributed by atoms with Crippen LogP contribution in [0.2, 0.25) is 0 Å². The molecule has 0 aliphatic heterocycles. The van der Waals surface area contributed by atoms with Crippen LogP contribution >= 0.6 is 11.3 Å².